The summed E-state index contributed by atoms with van der Waals surface area (Å²) in [7, 11) is 1.71. The molecule has 8 heteroatoms. The molecule has 0 saturated carbocycles. The molecule has 0 fully saturated rings. The molecule has 0 saturated heterocycles. The van der Waals surface area contributed by atoms with Crippen molar-refractivity contribution in [1.29, 1.82) is 0 Å². The van der Waals surface area contributed by atoms with E-state index in [-0.39, 0.29) is 5.91 Å². The minimum Gasteiger partial charge on any atom is -0.464 e. The number of para-hydroxylation sites is 1. The number of aryl methyl sites for hydroxylation is 1. The Morgan fingerprint density at radius 1 is 1.30 bits per heavy atom. The summed E-state index contributed by atoms with van der Waals surface area (Å²) in [6, 6.07) is 11.5. The maximum Gasteiger partial charge on any atom is 0.272 e. The molecular formula is C19H18ClN5O2. The zero-order chi connectivity index (χ0) is 18.8. The van der Waals surface area contributed by atoms with Gasteiger partial charge in [0, 0.05) is 31.5 Å². The third kappa shape index (κ3) is 3.59. The number of amides is 1. The third-order valence-corrected chi connectivity index (χ3v) is 4.68. The fraction of sp³-hybridized carbons (Fsp3) is 0.211. The van der Waals surface area contributed by atoms with Crippen LogP contribution in [0.15, 0.2) is 53.4 Å². The highest BCUT2D eigenvalue weighted by atomic mass is 35.5. The number of aromatic nitrogens is 4. The highest BCUT2D eigenvalue weighted by Gasteiger charge is 2.25. The second-order valence-electron chi connectivity index (χ2n) is 6.24. The van der Waals surface area contributed by atoms with Gasteiger partial charge in [-0.05, 0) is 12.1 Å². The number of furan rings is 1. The Balaban J connectivity index is 0.000000167. The van der Waals surface area contributed by atoms with E-state index in [2.05, 4.69) is 15.1 Å². The summed E-state index contributed by atoms with van der Waals surface area (Å²) in [4.78, 5) is 21.4. The molecule has 1 aliphatic rings. The van der Waals surface area contributed by atoms with E-state index in [0.717, 1.165) is 28.8 Å². The van der Waals surface area contributed by atoms with Crippen molar-refractivity contribution in [2.75, 3.05) is 6.54 Å². The molecule has 0 bridgehead atoms. The molecule has 27 heavy (non-hydrogen) atoms. The van der Waals surface area contributed by atoms with Crippen LogP contribution in [0.5, 0.6) is 0 Å². The van der Waals surface area contributed by atoms with Crippen molar-refractivity contribution in [3.63, 3.8) is 0 Å². The highest BCUT2D eigenvalue weighted by molar-refractivity contribution is 6.29. The summed E-state index contributed by atoms with van der Waals surface area (Å²) >= 11 is 5.79. The van der Waals surface area contributed by atoms with Crippen LogP contribution in [0.1, 0.15) is 21.9 Å². The molecule has 0 unspecified atom stereocenters. The van der Waals surface area contributed by atoms with Crippen LogP contribution in [0.2, 0.25) is 5.15 Å². The summed E-state index contributed by atoms with van der Waals surface area (Å²) in [6.45, 7) is 1.22. The Hall–Kier alpha value is -3.06. The van der Waals surface area contributed by atoms with Gasteiger partial charge in [0.1, 0.15) is 11.3 Å². The third-order valence-electron chi connectivity index (χ3n) is 4.49. The number of halogens is 1. The number of fused-ring (bicyclic) bond motifs is 2. The molecule has 7 nitrogen and oxygen atoms in total. The summed E-state index contributed by atoms with van der Waals surface area (Å²) in [5.41, 5.74) is 3.51. The molecule has 0 aliphatic carbocycles. The summed E-state index contributed by atoms with van der Waals surface area (Å²) in [6.07, 6.45) is 4.14. The van der Waals surface area contributed by atoms with Crippen LogP contribution in [-0.2, 0) is 20.0 Å². The first kappa shape index (κ1) is 17.4. The number of carbonyl (C=O) groups is 1. The van der Waals surface area contributed by atoms with Crippen molar-refractivity contribution >= 4 is 28.5 Å². The lowest BCUT2D eigenvalue weighted by atomic mass is 10.1. The number of nitrogens with one attached hydrogen (secondary N) is 1. The molecule has 138 valence electrons. The zero-order valence-electron chi connectivity index (χ0n) is 14.7. The van der Waals surface area contributed by atoms with Crippen molar-refractivity contribution in [1.82, 2.24) is 24.6 Å². The van der Waals surface area contributed by atoms with Crippen LogP contribution in [0.25, 0.3) is 11.0 Å². The molecular weight excluding hydrogens is 366 g/mol. The quantitative estimate of drug-likeness (QED) is 0.546. The van der Waals surface area contributed by atoms with E-state index < -0.39 is 0 Å². The van der Waals surface area contributed by atoms with Gasteiger partial charge in [0.05, 0.1) is 30.5 Å². The Kier molecular flexibility index (Phi) is 4.68. The van der Waals surface area contributed by atoms with Crippen LogP contribution in [0.4, 0.5) is 0 Å². The Morgan fingerprint density at radius 2 is 2.15 bits per heavy atom. The van der Waals surface area contributed by atoms with Crippen molar-refractivity contribution in [2.24, 2.45) is 7.05 Å². The molecule has 1 aliphatic heterocycles. The fourth-order valence-corrected chi connectivity index (χ4v) is 3.30. The number of rotatable bonds is 1. The molecule has 5 rings (SSSR count). The lowest BCUT2D eigenvalue weighted by Crippen LogP contribution is -2.37. The number of H-pyrrole nitrogens is 1. The van der Waals surface area contributed by atoms with Gasteiger partial charge in [0.25, 0.3) is 5.91 Å². The van der Waals surface area contributed by atoms with Crippen LogP contribution in [0, 0.1) is 0 Å². The second-order valence-corrected chi connectivity index (χ2v) is 6.63. The SMILES string of the molecule is Cn1nc(Cl)cc1C(=O)N1CCc2nc[nH]c2C1.c1ccc2occc2c1. The molecule has 4 aromatic rings. The Labute approximate surface area is 160 Å². The number of hydrogen-bond acceptors (Lipinski definition) is 4. The van der Waals surface area contributed by atoms with Gasteiger partial charge < -0.3 is 14.3 Å². The topological polar surface area (TPSA) is 80.0 Å². The minimum absolute atomic E-state index is 0.0582. The largest absolute Gasteiger partial charge is 0.464 e. The van der Waals surface area contributed by atoms with Crippen molar-refractivity contribution < 1.29 is 9.21 Å². The molecule has 3 aromatic heterocycles. The summed E-state index contributed by atoms with van der Waals surface area (Å²) in [5.74, 6) is -0.0582. The lowest BCUT2D eigenvalue weighted by molar-refractivity contribution is 0.0720. The average Bonchev–Trinajstić information content (AvgIpc) is 3.40. The minimum atomic E-state index is -0.0582. The maximum absolute atomic E-state index is 12.3. The summed E-state index contributed by atoms with van der Waals surface area (Å²) in [5, 5.41) is 5.47. The van der Waals surface area contributed by atoms with E-state index in [9.17, 15) is 4.79 Å². The molecule has 1 amide bonds. The standard InChI is InChI=1S/C11H12ClN5O.C8H6O/c1-16-9(4-10(12)15-16)11(18)17-3-2-7-8(5-17)14-6-13-7;1-2-4-8-7(3-1)5-6-9-8/h4,6H,2-3,5H2,1H3,(H,13,14);1-6H. The van der Waals surface area contributed by atoms with E-state index >= 15 is 0 Å². The van der Waals surface area contributed by atoms with Crippen molar-refractivity contribution in [3.05, 3.63) is 71.2 Å². The average molecular weight is 384 g/mol. The Bertz CT molecular complexity index is 1050. The Morgan fingerprint density at radius 3 is 2.93 bits per heavy atom. The number of aromatic amines is 1. The van der Waals surface area contributed by atoms with Crippen LogP contribution >= 0.6 is 11.6 Å². The van der Waals surface area contributed by atoms with Crippen LogP contribution in [0.3, 0.4) is 0 Å². The predicted octanol–water partition coefficient (Wildman–Crippen LogP) is 3.43. The molecule has 0 atom stereocenters. The zero-order valence-corrected chi connectivity index (χ0v) is 15.5. The number of hydrogen-bond donors (Lipinski definition) is 1. The molecule has 0 radical (unpaired) electrons. The monoisotopic (exact) mass is 383 g/mol. The van der Waals surface area contributed by atoms with Gasteiger partial charge in [0.15, 0.2) is 5.15 Å². The molecule has 0 spiro atoms. The van der Waals surface area contributed by atoms with Crippen LogP contribution in [-0.4, -0.2) is 37.1 Å². The first-order chi connectivity index (χ1) is 13.1. The molecule has 4 heterocycles. The van der Waals surface area contributed by atoms with Crippen molar-refractivity contribution in [3.8, 4) is 0 Å². The van der Waals surface area contributed by atoms with Gasteiger partial charge in [-0.2, -0.15) is 5.10 Å². The van der Waals surface area contributed by atoms with E-state index in [1.807, 2.05) is 30.3 Å². The smallest absolute Gasteiger partial charge is 0.272 e. The van der Waals surface area contributed by atoms with Crippen molar-refractivity contribution in [2.45, 2.75) is 13.0 Å². The fourth-order valence-electron chi connectivity index (χ4n) is 3.09. The number of imidazole rings is 1. The first-order valence-corrected chi connectivity index (χ1v) is 8.92. The number of benzene rings is 1. The molecule has 1 N–H and O–H groups in total. The number of nitrogens with zero attached hydrogens (tertiary/aromatic N) is 4. The van der Waals surface area contributed by atoms with Gasteiger partial charge >= 0.3 is 0 Å². The van der Waals surface area contributed by atoms with E-state index in [4.69, 9.17) is 16.0 Å². The highest BCUT2D eigenvalue weighted by Crippen LogP contribution is 2.18. The normalized spacial score (nSPS) is 13.2. The van der Waals surface area contributed by atoms with E-state index in [1.54, 1.807) is 30.6 Å². The summed E-state index contributed by atoms with van der Waals surface area (Å²) < 4.78 is 6.62. The van der Waals surface area contributed by atoms with Gasteiger partial charge in [-0.3, -0.25) is 9.48 Å². The van der Waals surface area contributed by atoms with Crippen LogP contribution < -0.4 is 0 Å². The van der Waals surface area contributed by atoms with E-state index in [0.29, 0.717) is 23.9 Å². The van der Waals surface area contributed by atoms with E-state index in [1.165, 1.54) is 4.68 Å². The van der Waals surface area contributed by atoms with Gasteiger partial charge in [-0.25, -0.2) is 4.98 Å². The molecule has 1 aromatic carbocycles. The number of carbonyl (C=O) groups excluding carboxylic acids is 1. The van der Waals surface area contributed by atoms with Gasteiger partial charge in [-0.1, -0.05) is 29.8 Å². The first-order valence-electron chi connectivity index (χ1n) is 8.54. The van der Waals surface area contributed by atoms with Gasteiger partial charge in [-0.15, -0.1) is 0 Å². The maximum atomic E-state index is 12.3. The lowest BCUT2D eigenvalue weighted by Gasteiger charge is -2.26. The second kappa shape index (κ2) is 7.28. The predicted molar refractivity (Wildman–Crippen MR) is 101 cm³/mol. The van der Waals surface area contributed by atoms with Gasteiger partial charge in [0.2, 0.25) is 0 Å².